The number of alkyl carbamates (subject to hydrolysis) is 1. The number of H-pyrrole nitrogens is 1. The SMILES string of the molecule is CCC(C)C(NC(=O)C(Cc1c[nH]cn1)NC(=O)OCc1ccccc1)C(=O)C(=O)NCC(=O)NC(Cc1ccc2ccccc2c1)C(N)=O. The first-order valence-electron chi connectivity index (χ1n) is 16.2. The first-order chi connectivity index (χ1) is 24.0. The van der Waals surface area contributed by atoms with Crippen molar-refractivity contribution in [2.75, 3.05) is 6.54 Å². The number of fused-ring (bicyclic) bond motifs is 1. The third kappa shape index (κ3) is 10.7. The summed E-state index contributed by atoms with van der Waals surface area (Å²) in [5.74, 6) is -4.86. The summed E-state index contributed by atoms with van der Waals surface area (Å²) in [6.45, 7) is 2.80. The van der Waals surface area contributed by atoms with E-state index in [1.807, 2.05) is 48.5 Å². The smallest absolute Gasteiger partial charge is 0.408 e. The number of rotatable bonds is 17. The summed E-state index contributed by atoms with van der Waals surface area (Å²) in [7, 11) is 0. The molecule has 4 aromatic rings. The number of nitrogens with two attached hydrogens (primary N) is 1. The van der Waals surface area contributed by atoms with Gasteiger partial charge in [-0.05, 0) is 27.8 Å². The van der Waals surface area contributed by atoms with Crippen LogP contribution in [0.5, 0.6) is 0 Å². The Balaban J connectivity index is 1.35. The van der Waals surface area contributed by atoms with Crippen LogP contribution in [0.2, 0.25) is 0 Å². The number of nitrogens with one attached hydrogen (secondary N) is 5. The molecule has 4 rings (SSSR count). The van der Waals surface area contributed by atoms with Crippen molar-refractivity contribution >= 4 is 46.3 Å². The molecule has 0 spiro atoms. The second-order valence-electron chi connectivity index (χ2n) is 11.9. The summed E-state index contributed by atoms with van der Waals surface area (Å²) in [4.78, 5) is 84.2. The maximum Gasteiger partial charge on any atom is 0.408 e. The van der Waals surface area contributed by atoms with Gasteiger partial charge in [0, 0.05) is 19.0 Å². The van der Waals surface area contributed by atoms with E-state index in [1.54, 1.807) is 44.3 Å². The van der Waals surface area contributed by atoms with Gasteiger partial charge in [-0.25, -0.2) is 9.78 Å². The molecule has 0 fully saturated rings. The summed E-state index contributed by atoms with van der Waals surface area (Å²) in [6.07, 6.45) is 2.60. The predicted molar refractivity (Wildman–Crippen MR) is 184 cm³/mol. The first kappa shape index (κ1) is 36.8. The molecule has 0 saturated heterocycles. The third-order valence-corrected chi connectivity index (χ3v) is 8.15. The van der Waals surface area contributed by atoms with Gasteiger partial charge >= 0.3 is 6.09 Å². The molecule has 14 heteroatoms. The molecular weight excluding hydrogens is 642 g/mol. The Morgan fingerprint density at radius 3 is 2.24 bits per heavy atom. The van der Waals surface area contributed by atoms with E-state index in [4.69, 9.17) is 10.5 Å². The van der Waals surface area contributed by atoms with Gasteiger partial charge in [0.2, 0.25) is 23.5 Å². The fraction of sp³-hybridized carbons (Fsp3) is 0.306. The van der Waals surface area contributed by atoms with E-state index < -0.39 is 66.1 Å². The van der Waals surface area contributed by atoms with Gasteiger partial charge in [0.1, 0.15) is 18.7 Å². The molecule has 262 valence electrons. The second-order valence-corrected chi connectivity index (χ2v) is 11.9. The monoisotopic (exact) mass is 683 g/mol. The van der Waals surface area contributed by atoms with Crippen LogP contribution in [-0.2, 0) is 48.2 Å². The summed E-state index contributed by atoms with van der Waals surface area (Å²) >= 11 is 0. The highest BCUT2D eigenvalue weighted by Crippen LogP contribution is 2.17. The Bertz CT molecular complexity index is 1800. The van der Waals surface area contributed by atoms with E-state index in [0.717, 1.165) is 21.9 Å². The minimum absolute atomic E-state index is 0.0330. The Morgan fingerprint density at radius 1 is 0.840 bits per heavy atom. The lowest BCUT2D eigenvalue weighted by atomic mass is 9.94. The highest BCUT2D eigenvalue weighted by Gasteiger charge is 2.34. The zero-order valence-electron chi connectivity index (χ0n) is 27.8. The number of aromatic amines is 1. The summed E-state index contributed by atoms with van der Waals surface area (Å²) in [5.41, 5.74) is 7.52. The lowest BCUT2D eigenvalue weighted by molar-refractivity contribution is -0.141. The Morgan fingerprint density at radius 2 is 1.56 bits per heavy atom. The van der Waals surface area contributed by atoms with Gasteiger partial charge in [-0.2, -0.15) is 0 Å². The normalized spacial score (nSPS) is 13.2. The molecule has 3 aromatic carbocycles. The fourth-order valence-corrected chi connectivity index (χ4v) is 5.14. The average molecular weight is 684 g/mol. The van der Waals surface area contributed by atoms with E-state index in [-0.39, 0.29) is 19.4 Å². The Labute approximate surface area is 288 Å². The van der Waals surface area contributed by atoms with Crippen molar-refractivity contribution < 1.29 is 33.5 Å². The van der Waals surface area contributed by atoms with Crippen LogP contribution in [-0.4, -0.2) is 70.1 Å². The van der Waals surface area contributed by atoms with Crippen LogP contribution in [0.25, 0.3) is 10.8 Å². The zero-order chi connectivity index (χ0) is 36.0. The van der Waals surface area contributed by atoms with Crippen molar-refractivity contribution in [3.63, 3.8) is 0 Å². The molecule has 0 aliphatic carbocycles. The summed E-state index contributed by atoms with van der Waals surface area (Å²) in [5, 5.41) is 11.9. The van der Waals surface area contributed by atoms with Crippen molar-refractivity contribution in [1.29, 1.82) is 0 Å². The maximum absolute atomic E-state index is 13.5. The van der Waals surface area contributed by atoms with Crippen LogP contribution < -0.4 is 27.0 Å². The van der Waals surface area contributed by atoms with Gasteiger partial charge in [0.25, 0.3) is 5.91 Å². The number of nitrogens with zero attached hydrogens (tertiary/aromatic N) is 1. The van der Waals surface area contributed by atoms with Gasteiger partial charge in [0.15, 0.2) is 0 Å². The van der Waals surface area contributed by atoms with E-state index in [0.29, 0.717) is 12.1 Å². The van der Waals surface area contributed by atoms with Gasteiger partial charge in [0.05, 0.1) is 24.6 Å². The first-order valence-corrected chi connectivity index (χ1v) is 16.2. The van der Waals surface area contributed by atoms with Gasteiger partial charge in [-0.15, -0.1) is 0 Å². The number of aromatic nitrogens is 2. The largest absolute Gasteiger partial charge is 0.445 e. The molecule has 0 radical (unpaired) electrons. The van der Waals surface area contributed by atoms with E-state index >= 15 is 0 Å². The molecule has 4 atom stereocenters. The minimum atomic E-state index is -1.29. The molecule has 7 N–H and O–H groups in total. The Hall–Kier alpha value is -6.05. The van der Waals surface area contributed by atoms with Gasteiger partial charge in [-0.3, -0.25) is 24.0 Å². The van der Waals surface area contributed by atoms with Crippen LogP contribution in [0.3, 0.4) is 0 Å². The average Bonchev–Trinajstić information content (AvgIpc) is 3.64. The number of hydrogen-bond acceptors (Lipinski definition) is 8. The summed E-state index contributed by atoms with van der Waals surface area (Å²) in [6, 6.07) is 18.7. The molecule has 50 heavy (non-hydrogen) atoms. The van der Waals surface area contributed by atoms with E-state index in [2.05, 4.69) is 31.2 Å². The second kappa shape index (κ2) is 17.9. The summed E-state index contributed by atoms with van der Waals surface area (Å²) < 4.78 is 5.28. The van der Waals surface area contributed by atoms with Crippen LogP contribution in [0, 0.1) is 5.92 Å². The number of primary amides is 1. The lowest BCUT2D eigenvalue weighted by Crippen LogP contribution is -2.57. The molecule has 0 saturated carbocycles. The fourth-order valence-electron chi connectivity index (χ4n) is 5.14. The molecule has 1 aromatic heterocycles. The molecular formula is C36H41N7O7. The predicted octanol–water partition coefficient (Wildman–Crippen LogP) is 1.83. The lowest BCUT2D eigenvalue weighted by Gasteiger charge is -2.25. The Kier molecular flexibility index (Phi) is 13.2. The number of carbonyl (C=O) groups is 6. The molecule has 0 aliphatic heterocycles. The highest BCUT2D eigenvalue weighted by molar-refractivity contribution is 6.38. The van der Waals surface area contributed by atoms with Crippen LogP contribution in [0.15, 0.2) is 85.3 Å². The number of benzene rings is 3. The van der Waals surface area contributed by atoms with Gasteiger partial charge < -0.3 is 36.7 Å². The standard InChI is InChI=1S/C36H41N7O7/c1-3-22(2)31(43-34(47)29(17-27-18-38-21-40-27)42-36(49)50-20-23-9-5-4-6-10-23)32(45)35(48)39-19-30(44)41-28(33(37)46)16-24-13-14-25-11-7-8-12-26(25)15-24/h4-15,18,21-22,28-29,31H,3,16-17,19-20H2,1-2H3,(H2,37,46)(H,38,40)(H,39,48)(H,41,44)(H,42,49)(H,43,47). The van der Waals surface area contributed by atoms with E-state index in [1.165, 1.54) is 6.33 Å². The number of Topliss-reactive ketones (excluding diaryl/α,β-unsaturated/α-hetero) is 1. The number of imidazole rings is 1. The van der Waals surface area contributed by atoms with E-state index in [9.17, 15) is 28.8 Å². The van der Waals surface area contributed by atoms with Crippen LogP contribution in [0.4, 0.5) is 4.79 Å². The number of amides is 5. The van der Waals surface area contributed by atoms with Crippen LogP contribution >= 0.6 is 0 Å². The van der Waals surface area contributed by atoms with Crippen molar-refractivity contribution in [3.8, 4) is 0 Å². The topological polar surface area (TPSA) is 214 Å². The number of carbonyl (C=O) groups excluding carboxylic acids is 6. The van der Waals surface area contributed by atoms with Crippen molar-refractivity contribution in [3.05, 3.63) is 102 Å². The molecule has 14 nitrogen and oxygen atoms in total. The minimum Gasteiger partial charge on any atom is -0.445 e. The molecule has 0 aliphatic rings. The highest BCUT2D eigenvalue weighted by atomic mass is 16.5. The van der Waals surface area contributed by atoms with Crippen LogP contribution in [0.1, 0.15) is 37.1 Å². The van der Waals surface area contributed by atoms with Crippen molar-refractivity contribution in [2.45, 2.75) is 57.8 Å². The van der Waals surface area contributed by atoms with Crippen molar-refractivity contribution in [1.82, 2.24) is 31.2 Å². The number of ether oxygens (including phenoxy) is 1. The third-order valence-electron chi connectivity index (χ3n) is 8.15. The maximum atomic E-state index is 13.5. The molecule has 0 bridgehead atoms. The quantitative estimate of drug-likeness (QED) is 0.0901. The number of hydrogen-bond donors (Lipinski definition) is 6. The molecule has 5 amide bonds. The number of ketones is 1. The van der Waals surface area contributed by atoms with Gasteiger partial charge in [-0.1, -0.05) is 93.1 Å². The van der Waals surface area contributed by atoms with Crippen molar-refractivity contribution in [2.24, 2.45) is 11.7 Å². The molecule has 1 heterocycles. The molecule has 4 unspecified atom stereocenters. The zero-order valence-corrected chi connectivity index (χ0v) is 27.8.